The van der Waals surface area contributed by atoms with E-state index in [0.717, 1.165) is 6.42 Å². The van der Waals surface area contributed by atoms with Crippen LogP contribution in [0.25, 0.3) is 0 Å². The molecule has 0 saturated carbocycles. The predicted molar refractivity (Wildman–Crippen MR) is 50.1 cm³/mol. The van der Waals surface area contributed by atoms with Crippen LogP contribution in [0.3, 0.4) is 0 Å². The SMILES string of the molecule is CC(=O)/C(CCC(C)C)=C(\C)O. The quantitative estimate of drug-likeness (QED) is 0.520. The molecule has 0 aromatic rings. The zero-order valence-corrected chi connectivity index (χ0v) is 8.35. The summed E-state index contributed by atoms with van der Waals surface area (Å²) < 4.78 is 0. The third-order valence-corrected chi connectivity index (χ3v) is 1.83. The van der Waals surface area contributed by atoms with E-state index in [1.54, 1.807) is 6.92 Å². The Hall–Kier alpha value is -0.790. The van der Waals surface area contributed by atoms with Crippen molar-refractivity contribution in [3.05, 3.63) is 11.3 Å². The Kier molecular flexibility index (Phi) is 4.64. The molecule has 0 aromatic heterocycles. The van der Waals surface area contributed by atoms with Gasteiger partial charge in [0.1, 0.15) is 0 Å². The van der Waals surface area contributed by atoms with Gasteiger partial charge in [-0.2, -0.15) is 0 Å². The van der Waals surface area contributed by atoms with Gasteiger partial charge in [-0.3, -0.25) is 4.79 Å². The molecule has 0 fully saturated rings. The van der Waals surface area contributed by atoms with Crippen LogP contribution in [-0.4, -0.2) is 10.9 Å². The Balaban J connectivity index is 4.18. The molecule has 0 saturated heterocycles. The van der Waals surface area contributed by atoms with Crippen LogP contribution in [0.5, 0.6) is 0 Å². The molecule has 0 bridgehead atoms. The molecule has 0 aliphatic rings. The van der Waals surface area contributed by atoms with E-state index in [2.05, 4.69) is 13.8 Å². The molecule has 12 heavy (non-hydrogen) atoms. The molecule has 0 radical (unpaired) electrons. The number of carbonyl (C=O) groups is 1. The highest BCUT2D eigenvalue weighted by Crippen LogP contribution is 2.14. The highest BCUT2D eigenvalue weighted by Gasteiger charge is 2.08. The molecule has 70 valence electrons. The fourth-order valence-electron chi connectivity index (χ4n) is 1.04. The van der Waals surface area contributed by atoms with Gasteiger partial charge in [0, 0.05) is 5.57 Å². The number of aliphatic hydroxyl groups is 1. The second kappa shape index (κ2) is 4.96. The molecular formula is C10H18O2. The van der Waals surface area contributed by atoms with Crippen LogP contribution in [0.1, 0.15) is 40.5 Å². The van der Waals surface area contributed by atoms with Crippen molar-refractivity contribution in [1.29, 1.82) is 0 Å². The van der Waals surface area contributed by atoms with Gasteiger partial charge in [0.2, 0.25) is 0 Å². The first-order chi connectivity index (χ1) is 5.45. The molecule has 1 N–H and O–H groups in total. The van der Waals surface area contributed by atoms with Gasteiger partial charge < -0.3 is 5.11 Å². The second-order valence-electron chi connectivity index (χ2n) is 3.55. The summed E-state index contributed by atoms with van der Waals surface area (Å²) in [6.45, 7) is 7.27. The lowest BCUT2D eigenvalue weighted by atomic mass is 10.00. The van der Waals surface area contributed by atoms with Gasteiger partial charge in [-0.1, -0.05) is 13.8 Å². The van der Waals surface area contributed by atoms with Gasteiger partial charge >= 0.3 is 0 Å². The Morgan fingerprint density at radius 2 is 1.83 bits per heavy atom. The van der Waals surface area contributed by atoms with Crippen molar-refractivity contribution in [1.82, 2.24) is 0 Å². The smallest absolute Gasteiger partial charge is 0.159 e. The van der Waals surface area contributed by atoms with E-state index in [4.69, 9.17) is 5.11 Å². The van der Waals surface area contributed by atoms with Crippen molar-refractivity contribution in [3.63, 3.8) is 0 Å². The van der Waals surface area contributed by atoms with Gasteiger partial charge in [0.15, 0.2) is 5.78 Å². The van der Waals surface area contributed by atoms with E-state index < -0.39 is 0 Å². The first-order valence-electron chi connectivity index (χ1n) is 4.34. The van der Waals surface area contributed by atoms with Crippen molar-refractivity contribution in [3.8, 4) is 0 Å². The number of allylic oxidation sites excluding steroid dienone is 2. The normalized spacial score (nSPS) is 13.1. The minimum absolute atomic E-state index is 0.0179. The van der Waals surface area contributed by atoms with Crippen LogP contribution in [0.2, 0.25) is 0 Å². The molecule has 0 unspecified atom stereocenters. The average Bonchev–Trinajstić information content (AvgIpc) is 1.84. The van der Waals surface area contributed by atoms with Crippen LogP contribution in [0, 0.1) is 5.92 Å². The van der Waals surface area contributed by atoms with E-state index in [9.17, 15) is 4.79 Å². The van der Waals surface area contributed by atoms with E-state index >= 15 is 0 Å². The molecule has 0 spiro atoms. The summed E-state index contributed by atoms with van der Waals surface area (Å²) in [6, 6.07) is 0. The number of hydrogen-bond donors (Lipinski definition) is 1. The number of hydrogen-bond acceptors (Lipinski definition) is 2. The highest BCUT2D eigenvalue weighted by atomic mass is 16.3. The summed E-state index contributed by atoms with van der Waals surface area (Å²) in [6.07, 6.45) is 1.64. The molecule has 0 aliphatic carbocycles. The number of Topliss-reactive ketones (excluding diaryl/α,β-unsaturated/α-hetero) is 1. The van der Waals surface area contributed by atoms with Gasteiger partial charge in [0.05, 0.1) is 5.76 Å². The molecule has 2 heteroatoms. The van der Waals surface area contributed by atoms with Crippen molar-refractivity contribution >= 4 is 5.78 Å². The zero-order chi connectivity index (χ0) is 9.72. The number of ketones is 1. The molecule has 0 aliphatic heterocycles. The number of aliphatic hydroxyl groups excluding tert-OH is 1. The molecule has 2 nitrogen and oxygen atoms in total. The van der Waals surface area contributed by atoms with Crippen LogP contribution in [0.4, 0.5) is 0 Å². The average molecular weight is 170 g/mol. The number of carbonyl (C=O) groups excluding carboxylic acids is 1. The summed E-state index contributed by atoms with van der Waals surface area (Å²) in [4.78, 5) is 11.0. The summed E-state index contributed by atoms with van der Waals surface area (Å²) >= 11 is 0. The Morgan fingerprint density at radius 1 is 1.33 bits per heavy atom. The maximum Gasteiger partial charge on any atom is 0.159 e. The van der Waals surface area contributed by atoms with E-state index in [0.29, 0.717) is 17.9 Å². The van der Waals surface area contributed by atoms with Crippen molar-refractivity contribution in [2.75, 3.05) is 0 Å². The summed E-state index contributed by atoms with van der Waals surface area (Å²) in [5.41, 5.74) is 0.573. The van der Waals surface area contributed by atoms with E-state index in [1.807, 2.05) is 0 Å². The van der Waals surface area contributed by atoms with Crippen molar-refractivity contribution in [2.45, 2.75) is 40.5 Å². The van der Waals surface area contributed by atoms with Crippen molar-refractivity contribution in [2.24, 2.45) is 5.92 Å². The third kappa shape index (κ3) is 4.16. The standard InChI is InChI=1S/C10H18O2/c1-7(2)5-6-10(8(3)11)9(4)12/h7,11H,5-6H2,1-4H3/b10-8+. The zero-order valence-electron chi connectivity index (χ0n) is 8.35. The van der Waals surface area contributed by atoms with Crippen LogP contribution < -0.4 is 0 Å². The molecule has 0 rings (SSSR count). The maximum atomic E-state index is 11.0. The Labute approximate surface area is 74.3 Å². The van der Waals surface area contributed by atoms with Gasteiger partial charge in [-0.05, 0) is 32.6 Å². The first-order valence-corrected chi connectivity index (χ1v) is 4.34. The van der Waals surface area contributed by atoms with E-state index in [-0.39, 0.29) is 11.5 Å². The molecular weight excluding hydrogens is 152 g/mol. The minimum atomic E-state index is -0.0179. The lowest BCUT2D eigenvalue weighted by Crippen LogP contribution is -2.02. The first kappa shape index (κ1) is 11.2. The second-order valence-corrected chi connectivity index (χ2v) is 3.55. The van der Waals surface area contributed by atoms with Gasteiger partial charge in [0.25, 0.3) is 0 Å². The third-order valence-electron chi connectivity index (χ3n) is 1.83. The summed E-state index contributed by atoms with van der Waals surface area (Å²) in [5, 5.41) is 9.15. The molecule has 0 heterocycles. The lowest BCUT2D eigenvalue weighted by Gasteiger charge is -2.06. The van der Waals surface area contributed by atoms with Gasteiger partial charge in [-0.15, -0.1) is 0 Å². The van der Waals surface area contributed by atoms with Crippen LogP contribution in [-0.2, 0) is 4.79 Å². The van der Waals surface area contributed by atoms with Crippen LogP contribution >= 0.6 is 0 Å². The minimum Gasteiger partial charge on any atom is -0.512 e. The Bertz CT molecular complexity index is 186. The molecule has 0 amide bonds. The fourth-order valence-corrected chi connectivity index (χ4v) is 1.04. The van der Waals surface area contributed by atoms with Crippen molar-refractivity contribution < 1.29 is 9.90 Å². The Morgan fingerprint density at radius 3 is 2.08 bits per heavy atom. The topological polar surface area (TPSA) is 37.3 Å². The monoisotopic (exact) mass is 170 g/mol. The maximum absolute atomic E-state index is 11.0. The van der Waals surface area contributed by atoms with E-state index in [1.165, 1.54) is 6.92 Å². The lowest BCUT2D eigenvalue weighted by molar-refractivity contribution is -0.113. The van der Waals surface area contributed by atoms with Gasteiger partial charge in [-0.25, -0.2) is 0 Å². The summed E-state index contributed by atoms with van der Waals surface area (Å²) in [5.74, 6) is 0.720. The largest absolute Gasteiger partial charge is 0.512 e. The highest BCUT2D eigenvalue weighted by molar-refractivity contribution is 5.93. The number of rotatable bonds is 4. The molecule has 0 aromatic carbocycles. The predicted octanol–water partition coefficient (Wildman–Crippen LogP) is 2.84. The molecule has 0 atom stereocenters. The fraction of sp³-hybridized carbons (Fsp3) is 0.700. The summed E-state index contributed by atoms with van der Waals surface area (Å²) in [7, 11) is 0. The van der Waals surface area contributed by atoms with Crippen LogP contribution in [0.15, 0.2) is 11.3 Å².